The number of benzene rings is 1. The van der Waals surface area contributed by atoms with Crippen molar-refractivity contribution in [2.45, 2.75) is 26.0 Å². The Kier molecular flexibility index (Phi) is 5.88. The third-order valence-electron chi connectivity index (χ3n) is 3.03. The van der Waals surface area contributed by atoms with Crippen LogP contribution in [0.4, 0.5) is 5.69 Å². The molecule has 0 aliphatic carbocycles. The number of nitrogens with one attached hydrogen (secondary N) is 1. The third-order valence-corrected chi connectivity index (χ3v) is 3.03. The molecule has 1 aromatic carbocycles. The van der Waals surface area contributed by atoms with E-state index in [4.69, 9.17) is 4.74 Å². The summed E-state index contributed by atoms with van der Waals surface area (Å²) in [5.41, 5.74) is 1.62. The average molecular weight is 268 g/mol. The van der Waals surface area contributed by atoms with E-state index in [1.807, 2.05) is 13.0 Å². The summed E-state index contributed by atoms with van der Waals surface area (Å²) >= 11 is 0. The van der Waals surface area contributed by atoms with Gasteiger partial charge >= 0.3 is 0 Å². The first-order valence-corrected chi connectivity index (χ1v) is 6.11. The Morgan fingerprint density at radius 2 is 2.21 bits per heavy atom. The van der Waals surface area contributed by atoms with Crippen LogP contribution in [0.15, 0.2) is 18.2 Å². The number of rotatable bonds is 7. The molecule has 19 heavy (non-hydrogen) atoms. The summed E-state index contributed by atoms with van der Waals surface area (Å²) in [5, 5.41) is 23.6. The van der Waals surface area contributed by atoms with Crippen LogP contribution in [0, 0.1) is 17.0 Å². The lowest BCUT2D eigenvalue weighted by atomic mass is 10.0. The third kappa shape index (κ3) is 4.27. The van der Waals surface area contributed by atoms with Crippen LogP contribution in [0.5, 0.6) is 0 Å². The zero-order chi connectivity index (χ0) is 14.4. The first-order chi connectivity index (χ1) is 8.97. The van der Waals surface area contributed by atoms with E-state index in [-0.39, 0.29) is 23.3 Å². The van der Waals surface area contributed by atoms with Gasteiger partial charge in [-0.1, -0.05) is 12.1 Å². The molecule has 6 nitrogen and oxygen atoms in total. The van der Waals surface area contributed by atoms with Crippen LogP contribution < -0.4 is 5.32 Å². The number of methoxy groups -OCH3 is 1. The number of nitrogens with zero attached hydrogens (tertiary/aromatic N) is 1. The fourth-order valence-corrected chi connectivity index (χ4v) is 1.98. The molecule has 0 heterocycles. The van der Waals surface area contributed by atoms with Crippen molar-refractivity contribution in [3.8, 4) is 0 Å². The molecular weight excluding hydrogens is 248 g/mol. The molecular formula is C13H20N2O4. The number of aliphatic hydroxyl groups is 1. The first-order valence-electron chi connectivity index (χ1n) is 6.11. The summed E-state index contributed by atoms with van der Waals surface area (Å²) in [4.78, 5) is 10.5. The number of nitro benzene ring substituents is 1. The SMILES string of the molecule is COCC(O)CNC(C)c1cccc([N+](=O)[O-])c1C. The highest BCUT2D eigenvalue weighted by Crippen LogP contribution is 2.25. The van der Waals surface area contributed by atoms with Gasteiger partial charge in [0, 0.05) is 31.3 Å². The number of aliphatic hydroxyl groups excluding tert-OH is 1. The van der Waals surface area contributed by atoms with E-state index < -0.39 is 6.10 Å². The van der Waals surface area contributed by atoms with E-state index in [0.717, 1.165) is 5.56 Å². The maximum atomic E-state index is 10.9. The second-order valence-corrected chi connectivity index (χ2v) is 4.49. The van der Waals surface area contributed by atoms with Crippen molar-refractivity contribution >= 4 is 5.69 Å². The average Bonchev–Trinajstić information content (AvgIpc) is 2.36. The van der Waals surface area contributed by atoms with E-state index in [1.165, 1.54) is 13.2 Å². The molecule has 0 bridgehead atoms. The van der Waals surface area contributed by atoms with Crippen LogP contribution >= 0.6 is 0 Å². The van der Waals surface area contributed by atoms with Crippen molar-refractivity contribution in [1.29, 1.82) is 0 Å². The lowest BCUT2D eigenvalue weighted by molar-refractivity contribution is -0.385. The monoisotopic (exact) mass is 268 g/mol. The van der Waals surface area contributed by atoms with Gasteiger partial charge in [-0.3, -0.25) is 10.1 Å². The van der Waals surface area contributed by atoms with Gasteiger partial charge in [-0.05, 0) is 19.4 Å². The van der Waals surface area contributed by atoms with E-state index in [1.54, 1.807) is 13.0 Å². The molecule has 2 N–H and O–H groups in total. The van der Waals surface area contributed by atoms with Gasteiger partial charge in [0.05, 0.1) is 17.6 Å². The molecule has 0 radical (unpaired) electrons. The Morgan fingerprint density at radius 3 is 2.79 bits per heavy atom. The van der Waals surface area contributed by atoms with Crippen LogP contribution in [0.2, 0.25) is 0 Å². The van der Waals surface area contributed by atoms with Gasteiger partial charge in [0.1, 0.15) is 0 Å². The molecule has 2 unspecified atom stereocenters. The van der Waals surface area contributed by atoms with Crippen LogP contribution in [-0.2, 0) is 4.74 Å². The Morgan fingerprint density at radius 1 is 1.53 bits per heavy atom. The maximum absolute atomic E-state index is 10.9. The van der Waals surface area contributed by atoms with Gasteiger partial charge < -0.3 is 15.2 Å². The minimum atomic E-state index is -0.591. The molecule has 6 heteroatoms. The summed E-state index contributed by atoms with van der Waals surface area (Å²) in [5.74, 6) is 0. The van der Waals surface area contributed by atoms with Crippen molar-refractivity contribution in [2.75, 3.05) is 20.3 Å². The summed E-state index contributed by atoms with van der Waals surface area (Å²) in [6, 6.07) is 4.93. The van der Waals surface area contributed by atoms with Gasteiger partial charge in [0.15, 0.2) is 0 Å². The van der Waals surface area contributed by atoms with Crippen molar-refractivity contribution < 1.29 is 14.8 Å². The summed E-state index contributed by atoms with van der Waals surface area (Å²) in [7, 11) is 1.53. The zero-order valence-corrected chi connectivity index (χ0v) is 11.4. The Bertz CT molecular complexity index is 437. The molecule has 1 aromatic rings. The molecule has 0 spiro atoms. The Hall–Kier alpha value is -1.50. The quantitative estimate of drug-likeness (QED) is 0.579. The predicted octanol–water partition coefficient (Wildman–Crippen LogP) is 1.56. The summed E-state index contributed by atoms with van der Waals surface area (Å²) in [6.07, 6.45) is -0.591. The molecule has 0 aromatic heterocycles. The van der Waals surface area contributed by atoms with Crippen LogP contribution in [0.25, 0.3) is 0 Å². The fourth-order valence-electron chi connectivity index (χ4n) is 1.98. The lowest BCUT2D eigenvalue weighted by Gasteiger charge is -2.18. The minimum absolute atomic E-state index is 0.0774. The van der Waals surface area contributed by atoms with Crippen molar-refractivity contribution in [3.63, 3.8) is 0 Å². The molecule has 2 atom stereocenters. The standard InChI is InChI=1S/C13H20N2O4/c1-9-12(5-4-6-13(9)15(17)18)10(2)14-7-11(16)8-19-3/h4-6,10-11,14,16H,7-8H2,1-3H3. The number of hydrogen-bond donors (Lipinski definition) is 2. The highest BCUT2D eigenvalue weighted by Gasteiger charge is 2.17. The van der Waals surface area contributed by atoms with E-state index >= 15 is 0 Å². The lowest BCUT2D eigenvalue weighted by Crippen LogP contribution is -2.32. The minimum Gasteiger partial charge on any atom is -0.389 e. The maximum Gasteiger partial charge on any atom is 0.272 e. The van der Waals surface area contributed by atoms with E-state index in [2.05, 4.69) is 5.32 Å². The first kappa shape index (κ1) is 15.6. The molecule has 0 fully saturated rings. The normalized spacial score (nSPS) is 14.1. The highest BCUT2D eigenvalue weighted by atomic mass is 16.6. The van der Waals surface area contributed by atoms with Crippen LogP contribution in [-0.4, -0.2) is 36.4 Å². The predicted molar refractivity (Wildman–Crippen MR) is 72.1 cm³/mol. The smallest absolute Gasteiger partial charge is 0.272 e. The second kappa shape index (κ2) is 7.18. The van der Waals surface area contributed by atoms with Crippen LogP contribution in [0.1, 0.15) is 24.1 Å². The van der Waals surface area contributed by atoms with E-state index in [9.17, 15) is 15.2 Å². The molecule has 1 rings (SSSR count). The van der Waals surface area contributed by atoms with Gasteiger partial charge in [0.2, 0.25) is 0 Å². The molecule has 0 saturated heterocycles. The van der Waals surface area contributed by atoms with Crippen LogP contribution in [0.3, 0.4) is 0 Å². The number of ether oxygens (including phenoxy) is 1. The summed E-state index contributed by atoms with van der Waals surface area (Å²) < 4.78 is 4.84. The Labute approximate surface area is 112 Å². The summed E-state index contributed by atoms with van der Waals surface area (Å²) in [6.45, 7) is 4.27. The molecule has 0 amide bonds. The molecule has 0 saturated carbocycles. The van der Waals surface area contributed by atoms with Crippen molar-refractivity contribution in [1.82, 2.24) is 5.32 Å². The molecule has 0 aliphatic rings. The molecule has 0 aliphatic heterocycles. The van der Waals surface area contributed by atoms with Gasteiger partial charge in [-0.15, -0.1) is 0 Å². The molecule has 106 valence electrons. The topological polar surface area (TPSA) is 84.6 Å². The Balaban J connectivity index is 2.74. The van der Waals surface area contributed by atoms with Gasteiger partial charge in [0.25, 0.3) is 5.69 Å². The van der Waals surface area contributed by atoms with Crippen molar-refractivity contribution in [2.24, 2.45) is 0 Å². The number of nitro groups is 1. The van der Waals surface area contributed by atoms with Gasteiger partial charge in [-0.2, -0.15) is 0 Å². The van der Waals surface area contributed by atoms with Gasteiger partial charge in [-0.25, -0.2) is 0 Å². The fraction of sp³-hybridized carbons (Fsp3) is 0.538. The number of hydrogen-bond acceptors (Lipinski definition) is 5. The second-order valence-electron chi connectivity index (χ2n) is 4.49. The van der Waals surface area contributed by atoms with E-state index in [0.29, 0.717) is 12.1 Å². The highest BCUT2D eigenvalue weighted by molar-refractivity contribution is 5.45. The largest absolute Gasteiger partial charge is 0.389 e. The van der Waals surface area contributed by atoms with Crippen molar-refractivity contribution in [3.05, 3.63) is 39.4 Å². The zero-order valence-electron chi connectivity index (χ0n) is 11.4.